The minimum Gasteiger partial charge on any atom is -0.258 e. The Hall–Kier alpha value is -1.98. The fourth-order valence-corrected chi connectivity index (χ4v) is 0.720. The van der Waals surface area contributed by atoms with E-state index in [9.17, 15) is 20.2 Å². The molecule has 6 nitrogen and oxygen atoms in total. The Morgan fingerprint density at radius 2 is 1.36 bits per heavy atom. The summed E-state index contributed by atoms with van der Waals surface area (Å²) in [6, 6.07) is 4.59. The van der Waals surface area contributed by atoms with Crippen LogP contribution >= 0.6 is 0 Å². The number of non-ortho nitro benzene ring substituents is 2. The van der Waals surface area contributed by atoms with Gasteiger partial charge in [0, 0.05) is 12.1 Å². The Labute approximate surface area is 80.5 Å². The van der Waals surface area contributed by atoms with Gasteiger partial charge >= 0.3 is 0 Å². The highest BCUT2D eigenvalue weighted by Crippen LogP contribution is 2.18. The van der Waals surface area contributed by atoms with Gasteiger partial charge in [0.25, 0.3) is 11.4 Å². The zero-order chi connectivity index (χ0) is 11.1. The molecule has 0 unspecified atom stereocenters. The zero-order valence-electron chi connectivity index (χ0n) is 7.84. The molecule has 76 valence electrons. The van der Waals surface area contributed by atoms with Crippen LogP contribution in [-0.2, 0) is 0 Å². The number of hydrogen-bond acceptors (Lipinski definition) is 4. The molecule has 0 amide bonds. The lowest BCUT2D eigenvalue weighted by Gasteiger charge is -1.90. The van der Waals surface area contributed by atoms with Crippen molar-refractivity contribution in [3.63, 3.8) is 0 Å². The summed E-state index contributed by atoms with van der Waals surface area (Å²) in [5.74, 6) is 0. The molecule has 1 aromatic carbocycles. The number of nitro benzene ring substituents is 2. The van der Waals surface area contributed by atoms with Crippen molar-refractivity contribution >= 4 is 11.4 Å². The molecule has 1 aromatic rings. The molecule has 0 fully saturated rings. The largest absolute Gasteiger partial charge is 0.276 e. The third-order valence-corrected chi connectivity index (χ3v) is 1.25. The lowest BCUT2D eigenvalue weighted by atomic mass is 10.3. The predicted molar refractivity (Wildman–Crippen MR) is 51.1 cm³/mol. The van der Waals surface area contributed by atoms with Crippen LogP contribution in [0.2, 0.25) is 0 Å². The summed E-state index contributed by atoms with van der Waals surface area (Å²) in [5.41, 5.74) is -0.548. The van der Waals surface area contributed by atoms with Crippen LogP contribution in [0.1, 0.15) is 13.8 Å². The van der Waals surface area contributed by atoms with Crippen molar-refractivity contribution in [2.24, 2.45) is 0 Å². The third-order valence-electron chi connectivity index (χ3n) is 1.25. The van der Waals surface area contributed by atoms with Crippen molar-refractivity contribution in [1.29, 1.82) is 0 Å². The molecule has 0 aliphatic heterocycles. The molecule has 6 heteroatoms. The molecule has 0 aliphatic carbocycles. The number of hydrogen-bond donors (Lipinski definition) is 0. The maximum atomic E-state index is 10.2. The molecular weight excluding hydrogens is 188 g/mol. The van der Waals surface area contributed by atoms with Crippen molar-refractivity contribution < 1.29 is 9.85 Å². The summed E-state index contributed by atoms with van der Waals surface area (Å²) >= 11 is 0. The second-order valence-corrected chi connectivity index (χ2v) is 2.03. The van der Waals surface area contributed by atoms with E-state index >= 15 is 0 Å². The summed E-state index contributed by atoms with van der Waals surface area (Å²) in [7, 11) is 0. The lowest BCUT2D eigenvalue weighted by molar-refractivity contribution is -0.394. The van der Waals surface area contributed by atoms with Gasteiger partial charge in [-0.1, -0.05) is 13.8 Å². The maximum absolute atomic E-state index is 10.2. The SMILES string of the molecule is CC.O=[N+]([O-])c1cccc([N+](=O)[O-])c1. The summed E-state index contributed by atoms with van der Waals surface area (Å²) in [6.07, 6.45) is 0. The van der Waals surface area contributed by atoms with Crippen molar-refractivity contribution in [2.45, 2.75) is 13.8 Å². The van der Waals surface area contributed by atoms with E-state index in [0.717, 1.165) is 6.07 Å². The van der Waals surface area contributed by atoms with Crippen LogP contribution in [0.25, 0.3) is 0 Å². The Bertz CT molecular complexity index is 309. The van der Waals surface area contributed by atoms with Gasteiger partial charge in [0.2, 0.25) is 0 Å². The normalized spacial score (nSPS) is 8.43. The molecule has 0 aliphatic rings. The van der Waals surface area contributed by atoms with Crippen molar-refractivity contribution in [3.05, 3.63) is 44.5 Å². The first-order valence-electron chi connectivity index (χ1n) is 4.00. The van der Waals surface area contributed by atoms with E-state index in [2.05, 4.69) is 0 Å². The molecule has 1 rings (SSSR count). The molecule has 0 radical (unpaired) electrons. The molecule has 0 N–H and O–H groups in total. The van der Waals surface area contributed by atoms with Gasteiger partial charge in [-0.15, -0.1) is 0 Å². The number of nitro groups is 2. The number of nitrogens with zero attached hydrogens (tertiary/aromatic N) is 2. The second kappa shape index (κ2) is 5.63. The van der Waals surface area contributed by atoms with Gasteiger partial charge in [0.05, 0.1) is 15.9 Å². The highest BCUT2D eigenvalue weighted by atomic mass is 16.6. The van der Waals surface area contributed by atoms with E-state index in [1.807, 2.05) is 13.8 Å². The Kier molecular flexibility index (Phi) is 4.83. The minimum atomic E-state index is -0.674. The minimum absolute atomic E-state index is 0.274. The van der Waals surface area contributed by atoms with Crippen LogP contribution in [-0.4, -0.2) is 9.85 Å². The molecule has 0 saturated heterocycles. The van der Waals surface area contributed by atoms with E-state index < -0.39 is 9.85 Å². The van der Waals surface area contributed by atoms with Gasteiger partial charge in [-0.3, -0.25) is 20.2 Å². The molecule has 0 bridgehead atoms. The fraction of sp³-hybridized carbons (Fsp3) is 0.250. The molecule has 0 heterocycles. The van der Waals surface area contributed by atoms with Crippen molar-refractivity contribution in [2.75, 3.05) is 0 Å². The average Bonchev–Trinajstić information content (AvgIpc) is 2.21. The van der Waals surface area contributed by atoms with Crippen LogP contribution in [0.5, 0.6) is 0 Å². The van der Waals surface area contributed by atoms with Crippen LogP contribution in [0.15, 0.2) is 24.3 Å². The Balaban J connectivity index is 0.000000791. The lowest BCUT2D eigenvalue weighted by Crippen LogP contribution is -1.91. The quantitative estimate of drug-likeness (QED) is 0.539. The highest BCUT2D eigenvalue weighted by Gasteiger charge is 2.11. The predicted octanol–water partition coefficient (Wildman–Crippen LogP) is 2.53. The zero-order valence-corrected chi connectivity index (χ0v) is 7.84. The molecule has 0 saturated carbocycles. The molecular formula is C8H10N2O4. The van der Waals surface area contributed by atoms with Gasteiger partial charge in [-0.05, 0) is 6.07 Å². The van der Waals surface area contributed by atoms with E-state index in [0.29, 0.717) is 0 Å². The van der Waals surface area contributed by atoms with Crippen molar-refractivity contribution in [3.8, 4) is 0 Å². The van der Waals surface area contributed by atoms with Crippen LogP contribution in [0.3, 0.4) is 0 Å². The molecule has 0 atom stereocenters. The van der Waals surface area contributed by atoms with E-state index in [1.165, 1.54) is 18.2 Å². The first-order valence-corrected chi connectivity index (χ1v) is 4.00. The molecule has 0 aromatic heterocycles. The smallest absolute Gasteiger partial charge is 0.258 e. The summed E-state index contributed by atoms with van der Waals surface area (Å²) in [6.45, 7) is 4.00. The number of rotatable bonds is 2. The fourth-order valence-electron chi connectivity index (χ4n) is 0.720. The van der Waals surface area contributed by atoms with Crippen molar-refractivity contribution in [1.82, 2.24) is 0 Å². The van der Waals surface area contributed by atoms with Crippen LogP contribution in [0.4, 0.5) is 11.4 Å². The topological polar surface area (TPSA) is 86.3 Å². The molecule has 14 heavy (non-hydrogen) atoms. The Morgan fingerprint density at radius 1 is 1.00 bits per heavy atom. The monoisotopic (exact) mass is 198 g/mol. The van der Waals surface area contributed by atoms with Gasteiger partial charge in [0.15, 0.2) is 0 Å². The average molecular weight is 198 g/mol. The number of benzene rings is 1. The van der Waals surface area contributed by atoms with Gasteiger partial charge in [-0.2, -0.15) is 0 Å². The van der Waals surface area contributed by atoms with E-state index in [1.54, 1.807) is 0 Å². The van der Waals surface area contributed by atoms with Gasteiger partial charge in [-0.25, -0.2) is 0 Å². The van der Waals surface area contributed by atoms with Gasteiger partial charge < -0.3 is 0 Å². The van der Waals surface area contributed by atoms with Gasteiger partial charge in [0.1, 0.15) is 0 Å². The summed E-state index contributed by atoms with van der Waals surface area (Å²) in [4.78, 5) is 19.0. The van der Waals surface area contributed by atoms with Crippen LogP contribution in [0, 0.1) is 20.2 Å². The third kappa shape index (κ3) is 3.18. The maximum Gasteiger partial charge on any atom is 0.276 e. The van der Waals surface area contributed by atoms with E-state index in [4.69, 9.17) is 0 Å². The highest BCUT2D eigenvalue weighted by molar-refractivity contribution is 5.42. The summed E-state index contributed by atoms with van der Waals surface area (Å²) in [5, 5.41) is 20.3. The standard InChI is InChI=1S/C6H4N2O4.C2H6/c9-7(10)5-2-1-3-6(4-5)8(11)12;1-2/h1-4H;1-2H3. The first kappa shape index (κ1) is 12.0. The van der Waals surface area contributed by atoms with Crippen LogP contribution < -0.4 is 0 Å². The van der Waals surface area contributed by atoms with E-state index in [-0.39, 0.29) is 11.4 Å². The Morgan fingerprint density at radius 3 is 1.64 bits per heavy atom. The second-order valence-electron chi connectivity index (χ2n) is 2.03. The molecule has 0 spiro atoms. The summed E-state index contributed by atoms with van der Waals surface area (Å²) < 4.78 is 0. The first-order chi connectivity index (χ1) is 6.61.